The van der Waals surface area contributed by atoms with Crippen LogP contribution >= 0.6 is 0 Å². The van der Waals surface area contributed by atoms with Crippen molar-refractivity contribution in [3.63, 3.8) is 0 Å². The molecule has 4 rings (SSSR count). The summed E-state index contributed by atoms with van der Waals surface area (Å²) in [7, 11) is 0. The van der Waals surface area contributed by atoms with Gasteiger partial charge in [-0.1, -0.05) is 17.7 Å². The number of nitrogens with one attached hydrogen (secondary N) is 1. The molecule has 1 saturated heterocycles. The summed E-state index contributed by atoms with van der Waals surface area (Å²) in [5.74, 6) is 0.604. The van der Waals surface area contributed by atoms with Crippen molar-refractivity contribution < 1.29 is 22.9 Å². The van der Waals surface area contributed by atoms with Gasteiger partial charge in [0.2, 0.25) is 5.91 Å². The predicted molar refractivity (Wildman–Crippen MR) is 137 cm³/mol. The summed E-state index contributed by atoms with van der Waals surface area (Å²) in [5, 5.41) is 14.1. The van der Waals surface area contributed by atoms with Gasteiger partial charge < -0.3 is 15.1 Å². The number of hydrogen-bond donors (Lipinski definition) is 1. The molecular weight excluding hydrogens is 485 g/mol. The number of piperazine rings is 1. The summed E-state index contributed by atoms with van der Waals surface area (Å²) in [6, 6.07) is 11.5. The number of carbonyl (C=O) groups excluding carboxylic acids is 1. The number of amides is 1. The largest absolute Gasteiger partial charge is 0.423 e. The number of benzene rings is 2. The second kappa shape index (κ2) is 11.4. The Morgan fingerprint density at radius 1 is 1.03 bits per heavy atom. The van der Waals surface area contributed by atoms with Gasteiger partial charge in [0.15, 0.2) is 0 Å². The van der Waals surface area contributed by atoms with Crippen molar-refractivity contribution in [1.29, 1.82) is 0 Å². The van der Waals surface area contributed by atoms with Crippen molar-refractivity contribution in [2.24, 2.45) is 5.92 Å². The van der Waals surface area contributed by atoms with Crippen LogP contribution in [0.2, 0.25) is 0 Å². The van der Waals surface area contributed by atoms with Crippen molar-refractivity contribution in [3.8, 4) is 0 Å². The Labute approximate surface area is 214 Å². The minimum absolute atomic E-state index is 0.00402. The van der Waals surface area contributed by atoms with Crippen molar-refractivity contribution >= 4 is 23.0 Å². The minimum atomic E-state index is -4.79. The highest BCUT2D eigenvalue weighted by atomic mass is 19.4. The summed E-state index contributed by atoms with van der Waals surface area (Å²) in [6.45, 7) is 5.15. The first-order valence-electron chi connectivity index (χ1n) is 12.8. The Hall–Kier alpha value is -3.30. The van der Waals surface area contributed by atoms with Gasteiger partial charge in [0, 0.05) is 56.1 Å². The number of halogens is 3. The average Bonchev–Trinajstić information content (AvgIpc) is 2.88. The Balaban J connectivity index is 1.20. The molecule has 1 aliphatic heterocycles. The van der Waals surface area contributed by atoms with E-state index in [0.717, 1.165) is 70.4 Å². The summed E-state index contributed by atoms with van der Waals surface area (Å²) >= 11 is 0. The molecule has 10 heteroatoms. The van der Waals surface area contributed by atoms with E-state index in [1.807, 2.05) is 4.90 Å². The Morgan fingerprint density at radius 3 is 2.27 bits per heavy atom. The molecule has 0 unspecified atom stereocenters. The van der Waals surface area contributed by atoms with E-state index >= 15 is 0 Å². The molecule has 0 radical (unpaired) electrons. The zero-order chi connectivity index (χ0) is 26.6. The van der Waals surface area contributed by atoms with E-state index in [4.69, 9.17) is 0 Å². The Bertz CT molecular complexity index is 1090. The van der Waals surface area contributed by atoms with Crippen LogP contribution in [0.15, 0.2) is 42.5 Å². The smallest absolute Gasteiger partial charge is 0.382 e. The van der Waals surface area contributed by atoms with Gasteiger partial charge in [-0.25, -0.2) is 0 Å². The summed E-state index contributed by atoms with van der Waals surface area (Å²) in [6.07, 6.45) is -0.100. The number of rotatable bonds is 7. The van der Waals surface area contributed by atoms with Gasteiger partial charge in [-0.3, -0.25) is 14.9 Å². The lowest BCUT2D eigenvalue weighted by atomic mass is 9.83. The maximum absolute atomic E-state index is 13.2. The third-order valence-corrected chi connectivity index (χ3v) is 7.51. The number of nitrogens with zero attached hydrogens (tertiary/aromatic N) is 3. The van der Waals surface area contributed by atoms with Crippen LogP contribution in [0.4, 0.5) is 30.2 Å². The van der Waals surface area contributed by atoms with Gasteiger partial charge in [-0.15, -0.1) is 0 Å². The summed E-state index contributed by atoms with van der Waals surface area (Å²) in [4.78, 5) is 27.0. The zero-order valence-corrected chi connectivity index (χ0v) is 21.0. The fraction of sp³-hybridized carbons (Fsp3) is 0.519. The molecule has 2 aromatic rings. The SMILES string of the molecule is Cc1ccc(N2CCN(C(=O)CCC3CCC(Nc4ccc([N+](=O)[O-])c(C(F)(F)F)c4)CC3)CC2)cc1. The van der Waals surface area contributed by atoms with Crippen molar-refractivity contribution in [2.45, 2.75) is 57.7 Å². The molecule has 1 heterocycles. The first-order valence-corrected chi connectivity index (χ1v) is 12.8. The van der Waals surface area contributed by atoms with Crippen molar-refractivity contribution in [2.75, 3.05) is 36.4 Å². The monoisotopic (exact) mass is 518 g/mol. The van der Waals surface area contributed by atoms with E-state index in [9.17, 15) is 28.1 Å². The third-order valence-electron chi connectivity index (χ3n) is 7.51. The van der Waals surface area contributed by atoms with E-state index in [2.05, 4.69) is 41.4 Å². The van der Waals surface area contributed by atoms with Gasteiger partial charge >= 0.3 is 6.18 Å². The van der Waals surface area contributed by atoms with Crippen LogP contribution in [-0.2, 0) is 11.0 Å². The minimum Gasteiger partial charge on any atom is -0.382 e. The molecule has 37 heavy (non-hydrogen) atoms. The average molecular weight is 519 g/mol. The number of aryl methyl sites for hydroxylation is 1. The van der Waals surface area contributed by atoms with Crippen LogP contribution < -0.4 is 10.2 Å². The topological polar surface area (TPSA) is 78.7 Å². The van der Waals surface area contributed by atoms with Crippen LogP contribution in [0.1, 0.15) is 49.7 Å². The molecule has 0 spiro atoms. The van der Waals surface area contributed by atoms with Gasteiger partial charge in [-0.05, 0) is 69.2 Å². The second-order valence-electron chi connectivity index (χ2n) is 10.1. The molecule has 7 nitrogen and oxygen atoms in total. The highest BCUT2D eigenvalue weighted by molar-refractivity contribution is 5.76. The number of nitro groups is 1. The van der Waals surface area contributed by atoms with Crippen LogP contribution in [0.3, 0.4) is 0 Å². The van der Waals surface area contributed by atoms with Crippen LogP contribution in [0.25, 0.3) is 0 Å². The van der Waals surface area contributed by atoms with E-state index in [1.54, 1.807) is 0 Å². The van der Waals surface area contributed by atoms with Crippen LogP contribution in [-0.4, -0.2) is 48.0 Å². The lowest BCUT2D eigenvalue weighted by Gasteiger charge is -2.36. The van der Waals surface area contributed by atoms with Crippen molar-refractivity contribution in [3.05, 3.63) is 63.7 Å². The molecule has 200 valence electrons. The molecule has 2 fully saturated rings. The molecule has 2 aromatic carbocycles. The third kappa shape index (κ3) is 6.93. The fourth-order valence-corrected chi connectivity index (χ4v) is 5.30. The molecule has 1 aliphatic carbocycles. The number of nitro benzene ring substituents is 1. The standard InChI is InChI=1S/C27H33F3N4O3/c1-19-2-10-23(11-3-19)32-14-16-33(17-15-32)26(35)13-6-20-4-7-21(8-5-20)31-22-9-12-25(34(36)37)24(18-22)27(28,29)30/h2-3,9-12,18,20-21,31H,4-8,13-17H2,1H3. The normalized spacial score (nSPS) is 20.5. The fourth-order valence-electron chi connectivity index (χ4n) is 5.30. The summed E-state index contributed by atoms with van der Waals surface area (Å²) in [5.41, 5.74) is 0.467. The molecule has 1 saturated carbocycles. The van der Waals surface area contributed by atoms with Gasteiger partial charge in [0.25, 0.3) is 5.69 Å². The lowest BCUT2D eigenvalue weighted by molar-refractivity contribution is -0.388. The van der Waals surface area contributed by atoms with Crippen molar-refractivity contribution in [1.82, 2.24) is 4.90 Å². The summed E-state index contributed by atoms with van der Waals surface area (Å²) < 4.78 is 39.7. The number of hydrogen-bond acceptors (Lipinski definition) is 5. The van der Waals surface area contributed by atoms with Gasteiger partial charge in [-0.2, -0.15) is 13.2 Å². The molecule has 0 bridgehead atoms. The number of alkyl halides is 3. The maximum Gasteiger partial charge on any atom is 0.423 e. The number of anilines is 2. The number of carbonyl (C=O) groups is 1. The molecule has 0 atom stereocenters. The van der Waals surface area contributed by atoms with Gasteiger partial charge in [0.1, 0.15) is 5.56 Å². The highest BCUT2D eigenvalue weighted by Gasteiger charge is 2.38. The van der Waals surface area contributed by atoms with Crippen LogP contribution in [0.5, 0.6) is 0 Å². The maximum atomic E-state index is 13.2. The van der Waals surface area contributed by atoms with Crippen LogP contribution in [0, 0.1) is 23.0 Å². The molecule has 1 amide bonds. The van der Waals surface area contributed by atoms with E-state index in [0.29, 0.717) is 12.3 Å². The molecule has 0 aromatic heterocycles. The first kappa shape index (κ1) is 26.8. The Kier molecular flexibility index (Phi) is 8.24. The van der Waals surface area contributed by atoms with E-state index < -0.39 is 22.4 Å². The highest BCUT2D eigenvalue weighted by Crippen LogP contribution is 2.38. The Morgan fingerprint density at radius 2 is 1.68 bits per heavy atom. The molecule has 2 aliphatic rings. The van der Waals surface area contributed by atoms with Gasteiger partial charge in [0.05, 0.1) is 4.92 Å². The molecular formula is C27H33F3N4O3. The van der Waals surface area contributed by atoms with E-state index in [-0.39, 0.29) is 17.6 Å². The first-order chi connectivity index (χ1) is 17.6. The quantitative estimate of drug-likeness (QED) is 0.358. The zero-order valence-electron chi connectivity index (χ0n) is 21.0. The molecule has 1 N–H and O–H groups in total. The predicted octanol–water partition coefficient (Wildman–Crippen LogP) is 6.02. The lowest BCUT2D eigenvalue weighted by Crippen LogP contribution is -2.48. The second-order valence-corrected chi connectivity index (χ2v) is 10.1. The van der Waals surface area contributed by atoms with E-state index in [1.165, 1.54) is 17.3 Å².